The number of sulfonamides is 1. The molecule has 1 unspecified atom stereocenters. The molecule has 0 saturated carbocycles. The molecule has 0 bridgehead atoms. The number of rotatable bonds is 6. The van der Waals surface area contributed by atoms with E-state index in [4.69, 9.17) is 0 Å². The van der Waals surface area contributed by atoms with Crippen molar-refractivity contribution in [2.45, 2.75) is 24.0 Å². The van der Waals surface area contributed by atoms with E-state index in [1.807, 2.05) is 0 Å². The van der Waals surface area contributed by atoms with E-state index in [1.165, 1.54) is 36.2 Å². The number of alkyl halides is 3. The van der Waals surface area contributed by atoms with E-state index in [1.54, 1.807) is 12.1 Å². The number of anilines is 1. The van der Waals surface area contributed by atoms with Gasteiger partial charge >= 0.3 is 6.18 Å². The van der Waals surface area contributed by atoms with E-state index in [0.717, 1.165) is 12.1 Å². The molecule has 2 aromatic rings. The van der Waals surface area contributed by atoms with Gasteiger partial charge in [0, 0.05) is 25.2 Å². The maximum atomic E-state index is 12.9. The lowest BCUT2D eigenvalue weighted by Crippen LogP contribution is -2.32. The average molecular weight is 455 g/mol. The standard InChI is InChI=1S/C20H20F3N3O4S/c1-24-31(29,30)17-7-5-13(6-8-17)11-25-19(28)14-9-18(27)26(12-14)16-4-2-3-15(10-16)20(21,22)23/h2-8,10,14,24H,9,11-12H2,1H3,(H,25,28). The van der Waals surface area contributed by atoms with E-state index < -0.39 is 39.5 Å². The summed E-state index contributed by atoms with van der Waals surface area (Å²) in [5.74, 6) is -1.54. The number of nitrogens with one attached hydrogen (secondary N) is 2. The monoisotopic (exact) mass is 455 g/mol. The van der Waals surface area contributed by atoms with Gasteiger partial charge in [0.1, 0.15) is 0 Å². The van der Waals surface area contributed by atoms with Gasteiger partial charge < -0.3 is 10.2 Å². The van der Waals surface area contributed by atoms with E-state index in [0.29, 0.717) is 5.56 Å². The Kier molecular flexibility index (Phi) is 6.37. The number of carbonyl (C=O) groups excluding carboxylic acids is 2. The van der Waals surface area contributed by atoms with Crippen LogP contribution in [0.1, 0.15) is 17.5 Å². The zero-order chi connectivity index (χ0) is 22.8. The molecular weight excluding hydrogens is 435 g/mol. The summed E-state index contributed by atoms with van der Waals surface area (Å²) < 4.78 is 64.4. The highest BCUT2D eigenvalue weighted by Gasteiger charge is 2.36. The van der Waals surface area contributed by atoms with Gasteiger partial charge in [-0.2, -0.15) is 13.2 Å². The van der Waals surface area contributed by atoms with Crippen LogP contribution in [0.2, 0.25) is 0 Å². The summed E-state index contributed by atoms with van der Waals surface area (Å²) in [4.78, 5) is 26.0. The largest absolute Gasteiger partial charge is 0.416 e. The molecule has 0 spiro atoms. The third-order valence-corrected chi connectivity index (χ3v) is 6.38. The third-order valence-electron chi connectivity index (χ3n) is 4.95. The van der Waals surface area contributed by atoms with Gasteiger partial charge in [-0.15, -0.1) is 0 Å². The molecular formula is C20H20F3N3O4S. The van der Waals surface area contributed by atoms with Crippen LogP contribution in [0, 0.1) is 5.92 Å². The molecule has 1 fully saturated rings. The summed E-state index contributed by atoms with van der Waals surface area (Å²) in [7, 11) is -2.26. The number of hydrogen-bond donors (Lipinski definition) is 2. The minimum Gasteiger partial charge on any atom is -0.352 e. The van der Waals surface area contributed by atoms with Crippen LogP contribution in [0.3, 0.4) is 0 Å². The predicted octanol–water partition coefficient (Wildman–Crippen LogP) is 2.28. The maximum Gasteiger partial charge on any atom is 0.416 e. The molecule has 3 rings (SSSR count). The molecule has 1 aliphatic rings. The molecule has 31 heavy (non-hydrogen) atoms. The lowest BCUT2D eigenvalue weighted by molar-refractivity contribution is -0.137. The van der Waals surface area contributed by atoms with Gasteiger partial charge in [-0.1, -0.05) is 18.2 Å². The Balaban J connectivity index is 1.62. The quantitative estimate of drug-likeness (QED) is 0.699. The first-order valence-corrected chi connectivity index (χ1v) is 10.8. The summed E-state index contributed by atoms with van der Waals surface area (Å²) in [6.07, 6.45) is -4.64. The highest BCUT2D eigenvalue weighted by Crippen LogP contribution is 2.33. The topological polar surface area (TPSA) is 95.6 Å². The molecule has 11 heteroatoms. The molecule has 0 aromatic heterocycles. The fourth-order valence-electron chi connectivity index (χ4n) is 3.22. The van der Waals surface area contributed by atoms with Crippen LogP contribution < -0.4 is 14.9 Å². The third kappa shape index (κ3) is 5.23. The second kappa shape index (κ2) is 8.67. The van der Waals surface area contributed by atoms with Crippen LogP contribution in [0.5, 0.6) is 0 Å². The van der Waals surface area contributed by atoms with Crippen molar-refractivity contribution in [3.63, 3.8) is 0 Å². The Labute approximate surface area is 177 Å². The van der Waals surface area contributed by atoms with Crippen molar-refractivity contribution >= 4 is 27.5 Å². The molecule has 7 nitrogen and oxygen atoms in total. The Morgan fingerprint density at radius 1 is 1.16 bits per heavy atom. The molecule has 2 aromatic carbocycles. The molecule has 0 radical (unpaired) electrons. The van der Waals surface area contributed by atoms with Crippen LogP contribution in [0.15, 0.2) is 53.4 Å². The minimum atomic E-state index is -4.53. The first-order chi connectivity index (χ1) is 14.5. The van der Waals surface area contributed by atoms with Gasteiger partial charge in [0.2, 0.25) is 21.8 Å². The van der Waals surface area contributed by atoms with E-state index in [2.05, 4.69) is 10.0 Å². The summed E-state index contributed by atoms with van der Waals surface area (Å²) in [5.41, 5.74) is -0.117. The van der Waals surface area contributed by atoms with Crippen molar-refractivity contribution in [2.24, 2.45) is 5.92 Å². The van der Waals surface area contributed by atoms with Crippen LogP contribution in [0.4, 0.5) is 18.9 Å². The van der Waals surface area contributed by atoms with Crippen molar-refractivity contribution < 1.29 is 31.2 Å². The van der Waals surface area contributed by atoms with Crippen molar-refractivity contribution in [2.75, 3.05) is 18.5 Å². The van der Waals surface area contributed by atoms with Crippen molar-refractivity contribution in [3.05, 3.63) is 59.7 Å². The van der Waals surface area contributed by atoms with Gasteiger partial charge in [-0.05, 0) is 42.9 Å². The van der Waals surface area contributed by atoms with E-state index in [-0.39, 0.29) is 30.1 Å². The first kappa shape index (κ1) is 22.8. The van der Waals surface area contributed by atoms with Gasteiger partial charge in [0.05, 0.1) is 16.4 Å². The Morgan fingerprint density at radius 2 is 1.84 bits per heavy atom. The van der Waals surface area contributed by atoms with Gasteiger partial charge in [0.15, 0.2) is 0 Å². The molecule has 0 aliphatic carbocycles. The minimum absolute atomic E-state index is 0.0225. The van der Waals surface area contributed by atoms with Crippen LogP contribution >= 0.6 is 0 Å². The lowest BCUT2D eigenvalue weighted by atomic mass is 10.1. The van der Waals surface area contributed by atoms with E-state index >= 15 is 0 Å². The van der Waals surface area contributed by atoms with Gasteiger partial charge in [-0.3, -0.25) is 9.59 Å². The lowest BCUT2D eigenvalue weighted by Gasteiger charge is -2.18. The number of amides is 2. The Morgan fingerprint density at radius 3 is 2.45 bits per heavy atom. The fourth-order valence-corrected chi connectivity index (χ4v) is 3.95. The van der Waals surface area contributed by atoms with E-state index in [9.17, 15) is 31.2 Å². The zero-order valence-electron chi connectivity index (χ0n) is 16.4. The number of hydrogen-bond acceptors (Lipinski definition) is 4. The molecule has 1 atom stereocenters. The number of nitrogens with zero attached hydrogens (tertiary/aromatic N) is 1. The highest BCUT2D eigenvalue weighted by molar-refractivity contribution is 7.89. The number of halogens is 3. The van der Waals surface area contributed by atoms with Crippen molar-refractivity contribution in [3.8, 4) is 0 Å². The summed E-state index contributed by atoms with van der Waals surface area (Å²) in [6.45, 7) is 0.0955. The molecule has 1 aliphatic heterocycles. The SMILES string of the molecule is CNS(=O)(=O)c1ccc(CNC(=O)C2CC(=O)N(c3cccc(C(F)(F)F)c3)C2)cc1. The number of carbonyl (C=O) groups is 2. The number of benzene rings is 2. The highest BCUT2D eigenvalue weighted by atomic mass is 32.2. The van der Waals surface area contributed by atoms with Crippen LogP contribution in [-0.2, 0) is 32.3 Å². The van der Waals surface area contributed by atoms with Crippen molar-refractivity contribution in [1.82, 2.24) is 10.0 Å². The smallest absolute Gasteiger partial charge is 0.352 e. The summed E-state index contributed by atoms with van der Waals surface area (Å²) >= 11 is 0. The van der Waals surface area contributed by atoms with Crippen molar-refractivity contribution in [1.29, 1.82) is 0 Å². The molecule has 166 valence electrons. The second-order valence-corrected chi connectivity index (χ2v) is 8.91. The predicted molar refractivity (Wildman–Crippen MR) is 106 cm³/mol. The molecule has 2 amide bonds. The summed E-state index contributed by atoms with van der Waals surface area (Å²) in [5, 5.41) is 2.68. The molecule has 2 N–H and O–H groups in total. The van der Waals surface area contributed by atoms with Crippen LogP contribution in [0.25, 0.3) is 0 Å². The Bertz CT molecular complexity index is 1090. The van der Waals surface area contributed by atoms with Gasteiger partial charge in [-0.25, -0.2) is 13.1 Å². The van der Waals surface area contributed by atoms with Gasteiger partial charge in [0.25, 0.3) is 0 Å². The second-order valence-electron chi connectivity index (χ2n) is 7.02. The average Bonchev–Trinajstić information content (AvgIpc) is 3.13. The normalized spacial score (nSPS) is 17.1. The summed E-state index contributed by atoms with van der Waals surface area (Å²) in [6, 6.07) is 10.3. The van der Waals surface area contributed by atoms with Crippen LogP contribution in [-0.4, -0.2) is 33.8 Å². The maximum absolute atomic E-state index is 12.9. The fraction of sp³-hybridized carbons (Fsp3) is 0.300. The molecule has 1 heterocycles. The molecule has 1 saturated heterocycles. The Hall–Kier alpha value is -2.92. The first-order valence-electron chi connectivity index (χ1n) is 9.29. The zero-order valence-corrected chi connectivity index (χ0v) is 17.3.